The van der Waals surface area contributed by atoms with Gasteiger partial charge in [-0.15, -0.1) is 0 Å². The summed E-state index contributed by atoms with van der Waals surface area (Å²) in [7, 11) is 0. The molecule has 1 aliphatic rings. The van der Waals surface area contributed by atoms with Crippen LogP contribution in [-0.2, 0) is 4.74 Å². The first-order chi connectivity index (χ1) is 7.85. The molecular weight excluding hydrogens is 223 g/mol. The molecule has 2 N–H and O–H groups in total. The molecule has 0 spiro atoms. The van der Waals surface area contributed by atoms with Crippen LogP contribution in [0.25, 0.3) is 0 Å². The molecule has 100 valence electrons. The molecule has 0 aromatic carbocycles. The highest BCUT2D eigenvalue weighted by Crippen LogP contribution is 2.23. The number of hydrogen-bond donors (Lipinski definition) is 1. The van der Waals surface area contributed by atoms with E-state index in [0.717, 1.165) is 12.8 Å². The van der Waals surface area contributed by atoms with Gasteiger partial charge in [0.15, 0.2) is 0 Å². The van der Waals surface area contributed by atoms with E-state index in [0.29, 0.717) is 13.0 Å². The van der Waals surface area contributed by atoms with Crippen LogP contribution in [-0.4, -0.2) is 41.9 Å². The molecule has 0 aromatic heterocycles. The Hall–Kier alpha value is -0.840. The topological polar surface area (TPSA) is 55.6 Å². The number of halogens is 1. The molecule has 0 aromatic rings. The van der Waals surface area contributed by atoms with Crippen LogP contribution in [0.5, 0.6) is 0 Å². The SMILES string of the molecule is CC(C)(C)OC(=O)N1CCCCC1C(F)CN. The minimum atomic E-state index is -1.16. The van der Waals surface area contributed by atoms with Crippen molar-refractivity contribution in [1.29, 1.82) is 0 Å². The molecule has 0 bridgehead atoms. The number of nitrogens with two attached hydrogens (primary N) is 1. The number of carbonyl (C=O) groups excluding carboxylic acids is 1. The quantitative estimate of drug-likeness (QED) is 0.811. The van der Waals surface area contributed by atoms with Gasteiger partial charge in [-0.3, -0.25) is 0 Å². The van der Waals surface area contributed by atoms with Gasteiger partial charge >= 0.3 is 6.09 Å². The normalized spacial score (nSPS) is 23.4. The third-order valence-electron chi connectivity index (χ3n) is 2.82. The molecule has 1 amide bonds. The number of amides is 1. The molecule has 1 fully saturated rings. The number of alkyl halides is 1. The largest absolute Gasteiger partial charge is 0.444 e. The second-order valence-corrected chi connectivity index (χ2v) is 5.49. The van der Waals surface area contributed by atoms with Crippen LogP contribution in [0.3, 0.4) is 0 Å². The summed E-state index contributed by atoms with van der Waals surface area (Å²) in [5.41, 5.74) is 4.79. The molecule has 0 aliphatic carbocycles. The maximum Gasteiger partial charge on any atom is 0.410 e. The molecule has 4 nitrogen and oxygen atoms in total. The van der Waals surface area contributed by atoms with E-state index in [1.54, 1.807) is 20.8 Å². The van der Waals surface area contributed by atoms with E-state index < -0.39 is 23.9 Å². The number of hydrogen-bond acceptors (Lipinski definition) is 3. The lowest BCUT2D eigenvalue weighted by Gasteiger charge is -2.38. The van der Waals surface area contributed by atoms with Crippen molar-refractivity contribution in [3.63, 3.8) is 0 Å². The van der Waals surface area contributed by atoms with Crippen LogP contribution in [0.4, 0.5) is 9.18 Å². The molecule has 1 saturated heterocycles. The summed E-state index contributed by atoms with van der Waals surface area (Å²) < 4.78 is 19.0. The fraction of sp³-hybridized carbons (Fsp3) is 0.917. The van der Waals surface area contributed by atoms with Gasteiger partial charge < -0.3 is 15.4 Å². The highest BCUT2D eigenvalue weighted by atomic mass is 19.1. The molecule has 2 atom stereocenters. The average Bonchev–Trinajstić information content (AvgIpc) is 2.25. The third-order valence-corrected chi connectivity index (χ3v) is 2.82. The smallest absolute Gasteiger partial charge is 0.410 e. The van der Waals surface area contributed by atoms with E-state index in [1.807, 2.05) is 0 Å². The van der Waals surface area contributed by atoms with Crippen molar-refractivity contribution in [2.24, 2.45) is 5.73 Å². The van der Waals surface area contributed by atoms with Crippen molar-refractivity contribution in [3.8, 4) is 0 Å². The lowest BCUT2D eigenvalue weighted by Crippen LogP contribution is -2.51. The maximum atomic E-state index is 13.7. The summed E-state index contributed by atoms with van der Waals surface area (Å²) in [4.78, 5) is 13.4. The van der Waals surface area contributed by atoms with Crippen LogP contribution in [0.2, 0.25) is 0 Å². The zero-order chi connectivity index (χ0) is 13.1. The molecule has 1 aliphatic heterocycles. The van der Waals surface area contributed by atoms with Gasteiger partial charge in [0, 0.05) is 13.1 Å². The number of piperidine rings is 1. The molecule has 0 radical (unpaired) electrons. The molecule has 0 saturated carbocycles. The summed E-state index contributed by atoms with van der Waals surface area (Å²) in [6.07, 6.45) is 0.899. The Balaban J connectivity index is 2.67. The standard InChI is InChI=1S/C12H23FN2O2/c1-12(2,3)17-11(16)15-7-5-4-6-10(15)9(13)8-14/h9-10H,4-8,14H2,1-3H3. The van der Waals surface area contributed by atoms with E-state index in [9.17, 15) is 9.18 Å². The Kier molecular flexibility index (Phi) is 4.74. The van der Waals surface area contributed by atoms with Gasteiger partial charge in [0.05, 0.1) is 6.04 Å². The van der Waals surface area contributed by atoms with E-state index in [1.165, 1.54) is 4.90 Å². The summed E-state index contributed by atoms with van der Waals surface area (Å²) in [5, 5.41) is 0. The Morgan fingerprint density at radius 3 is 2.71 bits per heavy atom. The van der Waals surface area contributed by atoms with Crippen molar-refractivity contribution < 1.29 is 13.9 Å². The number of rotatable bonds is 2. The number of nitrogens with zero attached hydrogens (tertiary/aromatic N) is 1. The highest BCUT2D eigenvalue weighted by molar-refractivity contribution is 5.68. The van der Waals surface area contributed by atoms with Gasteiger partial charge in [-0.25, -0.2) is 9.18 Å². The lowest BCUT2D eigenvalue weighted by atomic mass is 9.98. The third kappa shape index (κ3) is 4.15. The summed E-state index contributed by atoms with van der Waals surface area (Å²) >= 11 is 0. The van der Waals surface area contributed by atoms with Gasteiger partial charge in [0.1, 0.15) is 11.8 Å². The average molecular weight is 246 g/mol. The number of carbonyl (C=O) groups is 1. The highest BCUT2D eigenvalue weighted by Gasteiger charge is 2.34. The molecule has 1 rings (SSSR count). The minimum absolute atomic E-state index is 0.0516. The van der Waals surface area contributed by atoms with Gasteiger partial charge in [0.2, 0.25) is 0 Å². The van der Waals surface area contributed by atoms with Crippen molar-refractivity contribution in [1.82, 2.24) is 4.90 Å². The van der Waals surface area contributed by atoms with Gasteiger partial charge in [-0.1, -0.05) is 0 Å². The second kappa shape index (κ2) is 5.67. The van der Waals surface area contributed by atoms with Gasteiger partial charge in [-0.05, 0) is 40.0 Å². The Morgan fingerprint density at radius 2 is 2.18 bits per heavy atom. The van der Waals surface area contributed by atoms with Crippen LogP contribution in [0.1, 0.15) is 40.0 Å². The molecule has 17 heavy (non-hydrogen) atoms. The minimum Gasteiger partial charge on any atom is -0.444 e. The molecule has 5 heteroatoms. The van der Waals surface area contributed by atoms with Gasteiger partial charge in [-0.2, -0.15) is 0 Å². The van der Waals surface area contributed by atoms with Crippen molar-refractivity contribution in [3.05, 3.63) is 0 Å². The first kappa shape index (κ1) is 14.2. The Morgan fingerprint density at radius 1 is 1.53 bits per heavy atom. The zero-order valence-corrected chi connectivity index (χ0v) is 10.9. The predicted octanol–water partition coefficient (Wildman–Crippen LogP) is 2.07. The first-order valence-electron chi connectivity index (χ1n) is 6.19. The monoisotopic (exact) mass is 246 g/mol. The molecule has 1 heterocycles. The fourth-order valence-electron chi connectivity index (χ4n) is 2.04. The van der Waals surface area contributed by atoms with E-state index in [-0.39, 0.29) is 6.54 Å². The molecular formula is C12H23FN2O2. The van der Waals surface area contributed by atoms with Crippen LogP contribution in [0, 0.1) is 0 Å². The Bertz CT molecular complexity index is 266. The van der Waals surface area contributed by atoms with E-state index >= 15 is 0 Å². The van der Waals surface area contributed by atoms with E-state index in [4.69, 9.17) is 10.5 Å². The van der Waals surface area contributed by atoms with Crippen LogP contribution < -0.4 is 5.73 Å². The van der Waals surface area contributed by atoms with Crippen LogP contribution in [0.15, 0.2) is 0 Å². The summed E-state index contributed by atoms with van der Waals surface area (Å²) in [6.45, 7) is 5.92. The molecule has 2 unspecified atom stereocenters. The van der Waals surface area contributed by atoms with Gasteiger partial charge in [0.25, 0.3) is 0 Å². The Labute approximate surface area is 102 Å². The van der Waals surface area contributed by atoms with Crippen LogP contribution >= 0.6 is 0 Å². The summed E-state index contributed by atoms with van der Waals surface area (Å²) in [6, 6.07) is -0.427. The fourth-order valence-corrected chi connectivity index (χ4v) is 2.04. The first-order valence-corrected chi connectivity index (χ1v) is 6.19. The zero-order valence-electron chi connectivity index (χ0n) is 10.9. The predicted molar refractivity (Wildman–Crippen MR) is 64.5 cm³/mol. The van der Waals surface area contributed by atoms with E-state index in [2.05, 4.69) is 0 Å². The number of likely N-dealkylation sites (tertiary alicyclic amines) is 1. The second-order valence-electron chi connectivity index (χ2n) is 5.49. The van der Waals surface area contributed by atoms with Crippen molar-refractivity contribution in [2.75, 3.05) is 13.1 Å². The number of ether oxygens (including phenoxy) is 1. The van der Waals surface area contributed by atoms with Crippen molar-refractivity contribution >= 4 is 6.09 Å². The summed E-state index contributed by atoms with van der Waals surface area (Å²) in [5.74, 6) is 0. The lowest BCUT2D eigenvalue weighted by molar-refractivity contribution is -0.00158. The maximum absolute atomic E-state index is 13.7. The van der Waals surface area contributed by atoms with Crippen molar-refractivity contribution in [2.45, 2.75) is 57.8 Å².